The van der Waals surface area contributed by atoms with Gasteiger partial charge in [0.1, 0.15) is 16.8 Å². The maximum atomic E-state index is 13.1. The van der Waals surface area contributed by atoms with Gasteiger partial charge in [0, 0.05) is 39.3 Å². The van der Waals surface area contributed by atoms with E-state index >= 15 is 0 Å². The van der Waals surface area contributed by atoms with Crippen molar-refractivity contribution in [3.63, 3.8) is 0 Å². The molecule has 308 valence electrons. The van der Waals surface area contributed by atoms with E-state index in [1.54, 1.807) is 70.7 Å². The van der Waals surface area contributed by atoms with Crippen LogP contribution in [0.4, 0.5) is 14.4 Å². The molecule has 0 heterocycles. The van der Waals surface area contributed by atoms with E-state index in [0.717, 1.165) is 24.1 Å². The highest BCUT2D eigenvalue weighted by Gasteiger charge is 2.23. The normalized spacial score (nSPS) is 12.1. The van der Waals surface area contributed by atoms with Crippen molar-refractivity contribution in [1.29, 1.82) is 0 Å². The van der Waals surface area contributed by atoms with Crippen LogP contribution in [0.25, 0.3) is 0 Å². The summed E-state index contributed by atoms with van der Waals surface area (Å²) in [5.41, 5.74) is -0.0518. The monoisotopic (exact) mass is 788 g/mol. The van der Waals surface area contributed by atoms with Crippen LogP contribution < -0.4 is 15.4 Å². The minimum absolute atomic E-state index is 0.0664. The molecule has 0 aliphatic carbocycles. The minimum Gasteiger partial charge on any atom is -0.444 e. The first-order valence-corrected chi connectivity index (χ1v) is 20.3. The van der Waals surface area contributed by atoms with Crippen LogP contribution in [0.1, 0.15) is 99.1 Å². The Labute approximate surface area is 328 Å². The number of aliphatic imine (C=N–C) groups is 1. The molecule has 0 saturated heterocycles. The van der Waals surface area contributed by atoms with Crippen LogP contribution >= 0.6 is 0 Å². The average Bonchev–Trinajstić information content (AvgIpc) is 3.03. The van der Waals surface area contributed by atoms with Crippen LogP contribution in [-0.2, 0) is 30.8 Å². The Hall–Kier alpha value is -4.21. The number of guanidine groups is 1. The molecule has 0 fully saturated rings. The Morgan fingerprint density at radius 3 is 1.73 bits per heavy atom. The Morgan fingerprint density at radius 1 is 0.673 bits per heavy atom. The van der Waals surface area contributed by atoms with Crippen LogP contribution in [0.2, 0.25) is 0 Å². The zero-order chi connectivity index (χ0) is 41.3. The maximum Gasteiger partial charge on any atom is 0.414 e. The van der Waals surface area contributed by atoms with Crippen molar-refractivity contribution in [2.75, 3.05) is 39.3 Å². The summed E-state index contributed by atoms with van der Waals surface area (Å²) in [6, 6.07) is 16.7. The molecule has 0 saturated carbocycles. The summed E-state index contributed by atoms with van der Waals surface area (Å²) in [6.07, 6.45) is 0.559. The summed E-state index contributed by atoms with van der Waals surface area (Å²) in [6.45, 7) is 21.1. The molecule has 3 N–H and O–H groups in total. The van der Waals surface area contributed by atoms with Gasteiger partial charge < -0.3 is 19.1 Å². The molecule has 0 radical (unpaired) electrons. The van der Waals surface area contributed by atoms with Gasteiger partial charge in [-0.15, -0.1) is 0 Å². The summed E-state index contributed by atoms with van der Waals surface area (Å²) in [4.78, 5) is 46.7. The van der Waals surface area contributed by atoms with Gasteiger partial charge in [-0.2, -0.15) is 0 Å². The van der Waals surface area contributed by atoms with Crippen molar-refractivity contribution in [1.82, 2.24) is 25.2 Å². The van der Waals surface area contributed by atoms with Crippen LogP contribution in [0.3, 0.4) is 0 Å². The third kappa shape index (κ3) is 21.5. The number of hydrogen-bond acceptors (Lipinski definition) is 10. The van der Waals surface area contributed by atoms with Crippen molar-refractivity contribution >= 4 is 34.3 Å². The van der Waals surface area contributed by atoms with E-state index < -0.39 is 45.1 Å². The zero-order valence-corrected chi connectivity index (χ0v) is 35.3. The van der Waals surface area contributed by atoms with Crippen molar-refractivity contribution in [2.45, 2.75) is 123 Å². The summed E-state index contributed by atoms with van der Waals surface area (Å²) >= 11 is 0. The smallest absolute Gasteiger partial charge is 0.414 e. The summed E-state index contributed by atoms with van der Waals surface area (Å²) in [7, 11) is -3.67. The van der Waals surface area contributed by atoms with Gasteiger partial charge in [-0.3, -0.25) is 20.5 Å². The highest BCUT2D eigenvalue weighted by molar-refractivity contribution is 7.89. The molecular weight excluding hydrogens is 725 g/mol. The number of nitrogens with zero attached hydrogens (tertiary/aromatic N) is 3. The van der Waals surface area contributed by atoms with E-state index in [1.807, 2.05) is 45.9 Å². The van der Waals surface area contributed by atoms with E-state index in [1.165, 1.54) is 0 Å². The predicted molar refractivity (Wildman–Crippen MR) is 215 cm³/mol. The molecule has 55 heavy (non-hydrogen) atoms. The number of amides is 3. The lowest BCUT2D eigenvalue weighted by Gasteiger charge is -2.28. The first-order chi connectivity index (χ1) is 25.5. The molecule has 3 amide bonds. The number of rotatable bonds is 17. The van der Waals surface area contributed by atoms with E-state index in [0.29, 0.717) is 52.0 Å². The third-order valence-electron chi connectivity index (χ3n) is 7.42. The topological polar surface area (TPSA) is 168 Å². The highest BCUT2D eigenvalue weighted by Crippen LogP contribution is 2.14. The number of carbonyl (C=O) groups excluding carboxylic acids is 3. The number of nitrogens with one attached hydrogen (secondary N) is 3. The molecule has 0 atom stereocenters. The lowest BCUT2D eigenvalue weighted by Crippen LogP contribution is -2.47. The van der Waals surface area contributed by atoms with Crippen molar-refractivity contribution in [3.8, 4) is 0 Å². The van der Waals surface area contributed by atoms with Crippen LogP contribution in [-0.4, -0.2) is 98.5 Å². The third-order valence-corrected chi connectivity index (χ3v) is 8.90. The lowest BCUT2D eigenvalue weighted by molar-refractivity contribution is 0.0243. The van der Waals surface area contributed by atoms with Crippen molar-refractivity contribution in [2.24, 2.45) is 4.99 Å². The molecule has 0 aromatic heterocycles. The fraction of sp³-hybridized carbons (Fsp3) is 0.600. The quantitative estimate of drug-likeness (QED) is 0.0663. The number of benzene rings is 2. The Kier molecular flexibility index (Phi) is 18.6. The van der Waals surface area contributed by atoms with E-state index in [4.69, 9.17) is 14.2 Å². The number of hydrogen-bond donors (Lipinski definition) is 3. The van der Waals surface area contributed by atoms with E-state index in [9.17, 15) is 22.8 Å². The number of ether oxygens (including phenoxy) is 3. The van der Waals surface area contributed by atoms with Crippen molar-refractivity contribution in [3.05, 3.63) is 65.7 Å². The fourth-order valence-corrected chi connectivity index (χ4v) is 6.12. The maximum absolute atomic E-state index is 13.1. The standard InChI is InChI=1S/C40H64N6O8S/c1-31-20-22-33(23-21-31)55(50,51)42-25-17-29-46(37(49)54-40(8,9)10)28-15-14-26-45(30-32-18-12-11-13-19-32)27-16-24-41-34(43-35(47)52-38(2,3)4)44-36(48)53-39(5,6)7/h11-13,18-23,42H,14-17,24-30H2,1-10H3,(H2,41,43,44,47,48). The van der Waals surface area contributed by atoms with Gasteiger partial charge in [0.15, 0.2) is 0 Å². The van der Waals surface area contributed by atoms with E-state index in [-0.39, 0.29) is 17.4 Å². The number of aryl methyl sites for hydroxylation is 1. The van der Waals surface area contributed by atoms with Gasteiger partial charge >= 0.3 is 18.3 Å². The molecule has 0 spiro atoms. The summed E-state index contributed by atoms with van der Waals surface area (Å²) < 4.78 is 44.5. The Morgan fingerprint density at radius 2 is 1.18 bits per heavy atom. The molecular formula is C40H64N6O8S. The predicted octanol–water partition coefficient (Wildman–Crippen LogP) is 6.98. The lowest BCUT2D eigenvalue weighted by atomic mass is 10.2. The van der Waals surface area contributed by atoms with Crippen LogP contribution in [0, 0.1) is 6.92 Å². The van der Waals surface area contributed by atoms with Crippen molar-refractivity contribution < 1.29 is 37.0 Å². The second-order valence-electron chi connectivity index (χ2n) is 16.3. The highest BCUT2D eigenvalue weighted by atomic mass is 32.2. The number of unbranched alkanes of at least 4 members (excludes halogenated alkanes) is 1. The van der Waals surface area contributed by atoms with Gasteiger partial charge in [-0.1, -0.05) is 48.0 Å². The molecule has 2 aromatic carbocycles. The molecule has 0 aliphatic rings. The van der Waals surface area contributed by atoms with Gasteiger partial charge in [0.2, 0.25) is 16.0 Å². The Bertz CT molecular complexity index is 1600. The first kappa shape index (κ1) is 46.9. The second kappa shape index (κ2) is 21.8. The van der Waals surface area contributed by atoms with Gasteiger partial charge in [-0.25, -0.2) is 27.5 Å². The molecule has 2 rings (SSSR count). The molecule has 15 heteroatoms. The molecule has 0 aliphatic heterocycles. The molecule has 2 aromatic rings. The number of alkyl carbamates (subject to hydrolysis) is 2. The summed E-state index contributed by atoms with van der Waals surface area (Å²) in [5, 5.41) is 5.03. The molecule has 0 bridgehead atoms. The summed E-state index contributed by atoms with van der Waals surface area (Å²) in [5.74, 6) is -0.0664. The fourth-order valence-electron chi connectivity index (χ4n) is 5.04. The molecule has 14 nitrogen and oxygen atoms in total. The van der Waals surface area contributed by atoms with Gasteiger partial charge in [-0.05, 0) is 119 Å². The second-order valence-corrected chi connectivity index (χ2v) is 18.1. The molecule has 0 unspecified atom stereocenters. The van der Waals surface area contributed by atoms with Crippen LogP contribution in [0.5, 0.6) is 0 Å². The van der Waals surface area contributed by atoms with Crippen LogP contribution in [0.15, 0.2) is 64.5 Å². The minimum atomic E-state index is -3.67. The largest absolute Gasteiger partial charge is 0.444 e. The zero-order valence-electron chi connectivity index (χ0n) is 34.5. The number of carbonyl (C=O) groups is 3. The SMILES string of the molecule is Cc1ccc(S(=O)(=O)NCCCN(CCCCN(CCCN=C(NC(=O)OC(C)(C)C)NC(=O)OC(C)(C)C)Cc2ccccc2)C(=O)OC(C)(C)C)cc1. The van der Waals surface area contributed by atoms with E-state index in [2.05, 4.69) is 37.4 Å². The Balaban J connectivity index is 2.04. The number of sulfonamides is 1. The average molecular weight is 789 g/mol. The van der Waals surface area contributed by atoms with Gasteiger partial charge in [0.25, 0.3) is 0 Å². The first-order valence-electron chi connectivity index (χ1n) is 18.9. The van der Waals surface area contributed by atoms with Gasteiger partial charge in [0.05, 0.1) is 4.90 Å².